The molecule has 0 aliphatic carbocycles. The number of carbonyl (C=O) groups is 1. The van der Waals surface area contributed by atoms with E-state index in [9.17, 15) is 9.18 Å². The molecule has 1 aromatic heterocycles. The molecule has 26 heavy (non-hydrogen) atoms. The first-order valence-corrected chi connectivity index (χ1v) is 8.33. The van der Waals surface area contributed by atoms with Crippen LogP contribution >= 0.6 is 23.2 Å². The van der Waals surface area contributed by atoms with E-state index in [1.165, 1.54) is 24.5 Å². The van der Waals surface area contributed by atoms with Crippen molar-refractivity contribution in [3.8, 4) is 0 Å². The monoisotopic (exact) mass is 390 g/mol. The summed E-state index contributed by atoms with van der Waals surface area (Å²) in [4.78, 5) is 20.4. The van der Waals surface area contributed by atoms with Gasteiger partial charge in [0.1, 0.15) is 23.7 Å². The fourth-order valence-corrected chi connectivity index (χ4v) is 2.44. The third kappa shape index (κ3) is 4.68. The van der Waals surface area contributed by atoms with Gasteiger partial charge in [-0.3, -0.25) is 4.79 Å². The van der Waals surface area contributed by atoms with Gasteiger partial charge >= 0.3 is 0 Å². The van der Waals surface area contributed by atoms with Crippen molar-refractivity contribution in [2.24, 2.45) is 0 Å². The molecule has 0 saturated heterocycles. The Balaban J connectivity index is 1.66. The lowest BCUT2D eigenvalue weighted by Gasteiger charge is -2.08. The molecule has 0 aliphatic rings. The van der Waals surface area contributed by atoms with E-state index < -0.39 is 5.91 Å². The number of amides is 1. The largest absolute Gasteiger partial charge is 0.366 e. The number of hydrogen-bond donors (Lipinski definition) is 2. The molecule has 0 atom stereocenters. The van der Waals surface area contributed by atoms with Crippen LogP contribution in [0.2, 0.25) is 10.0 Å². The fraction of sp³-hybridized carbons (Fsp3) is 0.0556. The number of nitrogens with zero attached hydrogens (tertiary/aromatic N) is 2. The van der Waals surface area contributed by atoms with Crippen molar-refractivity contribution in [2.75, 3.05) is 10.6 Å². The summed E-state index contributed by atoms with van der Waals surface area (Å²) in [7, 11) is 0. The topological polar surface area (TPSA) is 66.9 Å². The predicted octanol–water partition coefficient (Wildman–Crippen LogP) is 4.79. The average Bonchev–Trinajstić information content (AvgIpc) is 2.64. The number of benzene rings is 2. The Hall–Kier alpha value is -2.70. The molecule has 8 heteroatoms. The van der Waals surface area contributed by atoms with E-state index >= 15 is 0 Å². The zero-order valence-electron chi connectivity index (χ0n) is 13.3. The maximum absolute atomic E-state index is 12.9. The summed E-state index contributed by atoms with van der Waals surface area (Å²) >= 11 is 11.8. The molecule has 0 unspecified atom stereocenters. The Bertz CT molecular complexity index is 935. The lowest BCUT2D eigenvalue weighted by atomic mass is 10.2. The van der Waals surface area contributed by atoms with Crippen molar-refractivity contribution in [3.63, 3.8) is 0 Å². The molecule has 2 aromatic carbocycles. The molecule has 2 N–H and O–H groups in total. The smallest absolute Gasteiger partial charge is 0.274 e. The van der Waals surface area contributed by atoms with E-state index in [0.717, 1.165) is 5.56 Å². The third-order valence-electron chi connectivity index (χ3n) is 3.46. The van der Waals surface area contributed by atoms with Crippen LogP contribution in [0.5, 0.6) is 0 Å². The van der Waals surface area contributed by atoms with Gasteiger partial charge in [0.15, 0.2) is 0 Å². The van der Waals surface area contributed by atoms with Gasteiger partial charge in [0.25, 0.3) is 5.91 Å². The Morgan fingerprint density at radius 3 is 2.50 bits per heavy atom. The Kier molecular flexibility index (Phi) is 5.65. The second-order valence-corrected chi connectivity index (χ2v) is 6.17. The lowest BCUT2D eigenvalue weighted by molar-refractivity contribution is 0.102. The highest BCUT2D eigenvalue weighted by molar-refractivity contribution is 6.42. The second kappa shape index (κ2) is 8.12. The first kappa shape index (κ1) is 18.1. The number of nitrogens with one attached hydrogen (secondary N) is 2. The summed E-state index contributed by atoms with van der Waals surface area (Å²) in [6, 6.07) is 12.4. The number of carbonyl (C=O) groups excluding carboxylic acids is 1. The van der Waals surface area contributed by atoms with E-state index in [4.69, 9.17) is 23.2 Å². The van der Waals surface area contributed by atoms with Crippen molar-refractivity contribution >= 4 is 40.6 Å². The molecule has 0 radical (unpaired) electrons. The van der Waals surface area contributed by atoms with Crippen LogP contribution in [0, 0.1) is 5.82 Å². The molecule has 132 valence electrons. The molecule has 5 nitrogen and oxygen atoms in total. The minimum atomic E-state index is -0.407. The first-order chi connectivity index (χ1) is 12.5. The zero-order valence-corrected chi connectivity index (χ0v) is 14.9. The predicted molar refractivity (Wildman–Crippen MR) is 100 cm³/mol. The van der Waals surface area contributed by atoms with Crippen molar-refractivity contribution in [3.05, 3.63) is 82.0 Å². The maximum Gasteiger partial charge on any atom is 0.274 e. The van der Waals surface area contributed by atoms with Crippen LogP contribution in [0.4, 0.5) is 15.9 Å². The molecule has 0 fully saturated rings. The van der Waals surface area contributed by atoms with Crippen molar-refractivity contribution < 1.29 is 9.18 Å². The van der Waals surface area contributed by atoms with Gasteiger partial charge in [-0.05, 0) is 35.9 Å². The maximum atomic E-state index is 12.9. The van der Waals surface area contributed by atoms with Crippen molar-refractivity contribution in [1.82, 2.24) is 9.97 Å². The van der Waals surface area contributed by atoms with Gasteiger partial charge in [0, 0.05) is 18.3 Å². The normalized spacial score (nSPS) is 10.4. The summed E-state index contributed by atoms with van der Waals surface area (Å²) in [6.45, 7) is 0.436. The minimum Gasteiger partial charge on any atom is -0.366 e. The highest BCUT2D eigenvalue weighted by atomic mass is 35.5. The lowest BCUT2D eigenvalue weighted by Crippen LogP contribution is -2.14. The van der Waals surface area contributed by atoms with E-state index in [0.29, 0.717) is 28.1 Å². The van der Waals surface area contributed by atoms with Crippen LogP contribution in [0.1, 0.15) is 16.1 Å². The van der Waals surface area contributed by atoms with Crippen LogP contribution in [0.3, 0.4) is 0 Å². The molecule has 0 saturated carbocycles. The molecule has 3 aromatic rings. The van der Waals surface area contributed by atoms with Crippen LogP contribution in [0.15, 0.2) is 54.9 Å². The van der Waals surface area contributed by atoms with Crippen LogP contribution in [-0.4, -0.2) is 15.9 Å². The molecular formula is C18H13Cl2FN4O. The number of hydrogen-bond acceptors (Lipinski definition) is 4. The Labute approximate surface area is 159 Å². The highest BCUT2D eigenvalue weighted by Crippen LogP contribution is 2.25. The number of rotatable bonds is 5. The number of halogens is 3. The highest BCUT2D eigenvalue weighted by Gasteiger charge is 2.10. The quantitative estimate of drug-likeness (QED) is 0.657. The molecule has 1 heterocycles. The average molecular weight is 391 g/mol. The van der Waals surface area contributed by atoms with Crippen LogP contribution in [0.25, 0.3) is 0 Å². The summed E-state index contributed by atoms with van der Waals surface area (Å²) in [5.74, 6) is -0.226. The SMILES string of the molecule is O=C(Nc1ccc(Cl)c(Cl)c1)c1cc(NCc2ccc(F)cc2)ncn1. The second-order valence-electron chi connectivity index (χ2n) is 5.35. The third-order valence-corrected chi connectivity index (χ3v) is 4.20. The summed E-state index contributed by atoms with van der Waals surface area (Å²) in [5.41, 5.74) is 1.57. The molecule has 0 aliphatic heterocycles. The van der Waals surface area contributed by atoms with Gasteiger partial charge in [-0.2, -0.15) is 0 Å². The Morgan fingerprint density at radius 1 is 1.00 bits per heavy atom. The number of anilines is 2. The van der Waals surface area contributed by atoms with Gasteiger partial charge in [-0.15, -0.1) is 0 Å². The van der Waals surface area contributed by atoms with E-state index in [-0.39, 0.29) is 11.5 Å². The van der Waals surface area contributed by atoms with Gasteiger partial charge in [-0.1, -0.05) is 35.3 Å². The van der Waals surface area contributed by atoms with E-state index in [2.05, 4.69) is 20.6 Å². The van der Waals surface area contributed by atoms with Gasteiger partial charge in [0.05, 0.1) is 10.0 Å². The van der Waals surface area contributed by atoms with Gasteiger partial charge in [-0.25, -0.2) is 14.4 Å². The van der Waals surface area contributed by atoms with Crippen LogP contribution in [-0.2, 0) is 6.54 Å². The Morgan fingerprint density at radius 2 is 1.77 bits per heavy atom. The minimum absolute atomic E-state index is 0.188. The number of aromatic nitrogens is 2. The van der Waals surface area contributed by atoms with E-state index in [1.807, 2.05) is 0 Å². The summed E-state index contributed by atoms with van der Waals surface area (Å²) in [5, 5.41) is 6.50. The van der Waals surface area contributed by atoms with Crippen molar-refractivity contribution in [2.45, 2.75) is 6.54 Å². The molecular weight excluding hydrogens is 378 g/mol. The van der Waals surface area contributed by atoms with Gasteiger partial charge < -0.3 is 10.6 Å². The van der Waals surface area contributed by atoms with Crippen LogP contribution < -0.4 is 10.6 Å². The fourth-order valence-electron chi connectivity index (χ4n) is 2.14. The van der Waals surface area contributed by atoms with Gasteiger partial charge in [0.2, 0.25) is 0 Å². The molecule has 0 spiro atoms. The first-order valence-electron chi connectivity index (χ1n) is 7.58. The molecule has 3 rings (SSSR count). The molecule has 0 bridgehead atoms. The van der Waals surface area contributed by atoms with Crippen molar-refractivity contribution in [1.29, 1.82) is 0 Å². The zero-order chi connectivity index (χ0) is 18.5. The molecule has 1 amide bonds. The summed E-state index contributed by atoms with van der Waals surface area (Å²) in [6.07, 6.45) is 1.29. The summed E-state index contributed by atoms with van der Waals surface area (Å²) < 4.78 is 12.9. The standard InChI is InChI=1S/C18H13Cl2FN4O/c19-14-6-5-13(7-15(14)20)25-18(26)16-8-17(24-10-23-16)22-9-11-1-3-12(21)4-2-11/h1-8,10H,9H2,(H,25,26)(H,22,23,24). The van der Waals surface area contributed by atoms with E-state index in [1.54, 1.807) is 30.3 Å².